The molecule has 0 spiro atoms. The molecule has 3 aromatic rings. The lowest BCUT2D eigenvalue weighted by atomic mass is 10.1. The second-order valence-electron chi connectivity index (χ2n) is 5.01. The Labute approximate surface area is 133 Å². The number of hydrogen-bond donors (Lipinski definition) is 1. The molecular formula is C17H10F3NO3. The highest BCUT2D eigenvalue weighted by atomic mass is 19.1. The summed E-state index contributed by atoms with van der Waals surface area (Å²) in [6.45, 7) is -0.428. The van der Waals surface area contributed by atoms with Crippen LogP contribution in [-0.2, 0) is 6.54 Å². The molecule has 7 heteroatoms. The van der Waals surface area contributed by atoms with Crippen LogP contribution in [-0.4, -0.2) is 5.91 Å². The van der Waals surface area contributed by atoms with Gasteiger partial charge in [-0.15, -0.1) is 0 Å². The molecule has 4 nitrogen and oxygen atoms in total. The molecule has 0 aliphatic heterocycles. The molecule has 0 aliphatic carbocycles. The Morgan fingerprint density at radius 1 is 1.04 bits per heavy atom. The van der Waals surface area contributed by atoms with Crippen molar-refractivity contribution < 1.29 is 22.4 Å². The molecule has 1 amide bonds. The van der Waals surface area contributed by atoms with Crippen LogP contribution in [0.15, 0.2) is 51.7 Å². The lowest BCUT2D eigenvalue weighted by Crippen LogP contribution is -2.25. The topological polar surface area (TPSA) is 59.3 Å². The van der Waals surface area contributed by atoms with Gasteiger partial charge in [0.2, 0.25) is 0 Å². The van der Waals surface area contributed by atoms with Gasteiger partial charge in [-0.05, 0) is 41.8 Å². The van der Waals surface area contributed by atoms with E-state index in [2.05, 4.69) is 5.32 Å². The summed E-state index contributed by atoms with van der Waals surface area (Å²) in [4.78, 5) is 23.8. The zero-order valence-electron chi connectivity index (χ0n) is 12.1. The predicted molar refractivity (Wildman–Crippen MR) is 80.0 cm³/mol. The largest absolute Gasteiger partial charge is 0.417 e. The Morgan fingerprint density at radius 3 is 2.46 bits per heavy atom. The van der Waals surface area contributed by atoms with Crippen LogP contribution in [0.3, 0.4) is 0 Å². The SMILES string of the molecule is O=C(NCc1c(F)cccc1F)c1cc2cc(F)ccc2c(=O)o1. The Kier molecular flexibility index (Phi) is 4.07. The van der Waals surface area contributed by atoms with Gasteiger partial charge in [-0.2, -0.15) is 0 Å². The fourth-order valence-corrected chi connectivity index (χ4v) is 2.23. The first-order valence-corrected chi connectivity index (χ1v) is 6.90. The van der Waals surface area contributed by atoms with E-state index in [1.807, 2.05) is 0 Å². The van der Waals surface area contributed by atoms with E-state index in [9.17, 15) is 22.8 Å². The first-order valence-electron chi connectivity index (χ1n) is 6.90. The third kappa shape index (κ3) is 3.01. The summed E-state index contributed by atoms with van der Waals surface area (Å²) in [6.07, 6.45) is 0. The van der Waals surface area contributed by atoms with Gasteiger partial charge in [0.25, 0.3) is 5.91 Å². The molecule has 24 heavy (non-hydrogen) atoms. The Morgan fingerprint density at radius 2 is 1.75 bits per heavy atom. The van der Waals surface area contributed by atoms with E-state index in [1.54, 1.807) is 0 Å². The molecule has 2 aromatic carbocycles. The van der Waals surface area contributed by atoms with Gasteiger partial charge in [0, 0.05) is 12.1 Å². The maximum Gasteiger partial charge on any atom is 0.344 e. The number of hydrogen-bond acceptors (Lipinski definition) is 3. The van der Waals surface area contributed by atoms with E-state index in [4.69, 9.17) is 4.42 Å². The van der Waals surface area contributed by atoms with Crippen molar-refractivity contribution in [3.63, 3.8) is 0 Å². The zero-order valence-corrected chi connectivity index (χ0v) is 12.1. The van der Waals surface area contributed by atoms with Gasteiger partial charge >= 0.3 is 5.63 Å². The normalized spacial score (nSPS) is 10.8. The van der Waals surface area contributed by atoms with Crippen LogP contribution < -0.4 is 10.9 Å². The Hall–Kier alpha value is -3.09. The van der Waals surface area contributed by atoms with Crippen molar-refractivity contribution in [3.05, 3.63) is 81.7 Å². The Balaban J connectivity index is 1.88. The first-order chi connectivity index (χ1) is 11.5. The molecule has 0 atom stereocenters. The van der Waals surface area contributed by atoms with Gasteiger partial charge in [-0.3, -0.25) is 4.79 Å². The quantitative estimate of drug-likeness (QED) is 0.801. The number of amides is 1. The second-order valence-corrected chi connectivity index (χ2v) is 5.01. The van der Waals surface area contributed by atoms with Crippen LogP contribution >= 0.6 is 0 Å². The van der Waals surface area contributed by atoms with E-state index < -0.39 is 35.5 Å². The highest BCUT2D eigenvalue weighted by Gasteiger charge is 2.15. The summed E-state index contributed by atoms with van der Waals surface area (Å²) >= 11 is 0. The number of fused-ring (bicyclic) bond motifs is 1. The molecule has 0 unspecified atom stereocenters. The van der Waals surface area contributed by atoms with Gasteiger partial charge in [0.05, 0.1) is 5.39 Å². The number of carbonyl (C=O) groups excluding carboxylic acids is 1. The molecule has 122 valence electrons. The van der Waals surface area contributed by atoms with Crippen LogP contribution in [0, 0.1) is 17.5 Å². The fourth-order valence-electron chi connectivity index (χ4n) is 2.23. The number of rotatable bonds is 3. The van der Waals surface area contributed by atoms with Crippen LogP contribution in [0.2, 0.25) is 0 Å². The highest BCUT2D eigenvalue weighted by molar-refractivity contribution is 5.95. The molecule has 0 aliphatic rings. The van der Waals surface area contributed by atoms with Gasteiger partial charge in [-0.1, -0.05) is 6.07 Å². The van der Waals surface area contributed by atoms with E-state index >= 15 is 0 Å². The summed E-state index contributed by atoms with van der Waals surface area (Å²) in [5.74, 6) is -3.42. The number of nitrogens with one attached hydrogen (secondary N) is 1. The third-order valence-corrected chi connectivity index (χ3v) is 3.43. The molecule has 0 radical (unpaired) electrons. The van der Waals surface area contributed by atoms with Crippen molar-refractivity contribution in [1.82, 2.24) is 5.32 Å². The lowest BCUT2D eigenvalue weighted by Gasteiger charge is -2.07. The van der Waals surface area contributed by atoms with Crippen molar-refractivity contribution in [2.24, 2.45) is 0 Å². The third-order valence-electron chi connectivity index (χ3n) is 3.43. The van der Waals surface area contributed by atoms with Gasteiger partial charge in [0.1, 0.15) is 17.5 Å². The van der Waals surface area contributed by atoms with Crippen molar-refractivity contribution in [1.29, 1.82) is 0 Å². The maximum absolute atomic E-state index is 13.5. The second kappa shape index (κ2) is 6.19. The Bertz CT molecular complexity index is 978. The van der Waals surface area contributed by atoms with Crippen LogP contribution in [0.25, 0.3) is 10.8 Å². The average molecular weight is 333 g/mol. The number of halogens is 3. The monoisotopic (exact) mass is 333 g/mol. The summed E-state index contributed by atoms with van der Waals surface area (Å²) < 4.78 is 45.1. The smallest absolute Gasteiger partial charge is 0.344 e. The summed E-state index contributed by atoms with van der Waals surface area (Å²) in [5, 5.41) is 2.57. The van der Waals surface area contributed by atoms with Crippen molar-refractivity contribution in [2.75, 3.05) is 0 Å². The van der Waals surface area contributed by atoms with Crippen molar-refractivity contribution in [3.8, 4) is 0 Å². The summed E-state index contributed by atoms with van der Waals surface area (Å²) in [5.41, 5.74) is -1.13. The molecule has 1 heterocycles. The van der Waals surface area contributed by atoms with E-state index in [0.29, 0.717) is 0 Å². The van der Waals surface area contributed by atoms with E-state index in [0.717, 1.165) is 24.3 Å². The standard InChI is InChI=1S/C17H10F3NO3/c18-10-4-5-11-9(6-10)7-15(24-17(11)23)16(22)21-8-12-13(19)2-1-3-14(12)20/h1-7H,8H2,(H,21,22). The van der Waals surface area contributed by atoms with E-state index in [1.165, 1.54) is 18.2 Å². The van der Waals surface area contributed by atoms with Crippen LogP contribution in [0.4, 0.5) is 13.2 Å². The predicted octanol–water partition coefficient (Wildman–Crippen LogP) is 3.14. The minimum atomic E-state index is -0.846. The molecular weight excluding hydrogens is 323 g/mol. The van der Waals surface area contributed by atoms with Gasteiger partial charge in [0.15, 0.2) is 5.76 Å². The summed E-state index contributed by atoms with van der Waals surface area (Å²) in [6, 6.07) is 7.93. The van der Waals surface area contributed by atoms with Crippen LogP contribution in [0.5, 0.6) is 0 Å². The lowest BCUT2D eigenvalue weighted by molar-refractivity contribution is 0.0918. The van der Waals surface area contributed by atoms with Gasteiger partial charge < -0.3 is 9.73 Å². The number of benzene rings is 2. The molecule has 0 saturated carbocycles. The molecule has 3 rings (SSSR count). The average Bonchev–Trinajstić information content (AvgIpc) is 2.53. The van der Waals surface area contributed by atoms with E-state index in [-0.39, 0.29) is 22.1 Å². The molecule has 1 N–H and O–H groups in total. The minimum Gasteiger partial charge on any atom is -0.417 e. The van der Waals surface area contributed by atoms with Crippen LogP contribution in [0.1, 0.15) is 16.1 Å². The zero-order chi connectivity index (χ0) is 17.3. The summed E-state index contributed by atoms with van der Waals surface area (Å²) in [7, 11) is 0. The molecule has 0 bridgehead atoms. The molecule has 0 fully saturated rings. The van der Waals surface area contributed by atoms with Crippen molar-refractivity contribution in [2.45, 2.75) is 6.54 Å². The molecule has 0 saturated heterocycles. The number of carbonyl (C=O) groups is 1. The fraction of sp³-hybridized carbons (Fsp3) is 0.0588. The van der Waals surface area contributed by atoms with Crippen molar-refractivity contribution >= 4 is 16.7 Å². The first kappa shape index (κ1) is 15.8. The minimum absolute atomic E-state index is 0.119. The highest BCUT2D eigenvalue weighted by Crippen LogP contribution is 2.15. The maximum atomic E-state index is 13.5. The molecule has 1 aromatic heterocycles. The van der Waals surface area contributed by atoms with Gasteiger partial charge in [-0.25, -0.2) is 18.0 Å².